The standard InChI is InChI=1S/C26H22F5N3O2/c1-16-9-10-23(22(13-16)32-24(35)17-5-2-6-18(14-17)26(29,30)31)34-12-4-11-33(25(34)36)15-19-20(27)7-3-8-21(19)28/h2-3,5-10,13-14H,4,11-12,15H2,1H3,(H,32,35). The third-order valence-electron chi connectivity index (χ3n) is 5.86. The molecule has 0 saturated carbocycles. The number of nitrogens with zero attached hydrogens (tertiary/aromatic N) is 2. The van der Waals surface area contributed by atoms with Crippen molar-refractivity contribution in [2.75, 3.05) is 23.3 Å². The first-order valence-electron chi connectivity index (χ1n) is 11.1. The van der Waals surface area contributed by atoms with Gasteiger partial charge in [-0.1, -0.05) is 18.2 Å². The number of rotatable bonds is 5. The number of amides is 3. The molecule has 3 amide bonds. The van der Waals surface area contributed by atoms with Gasteiger partial charge in [-0.2, -0.15) is 13.2 Å². The topological polar surface area (TPSA) is 52.6 Å². The van der Waals surface area contributed by atoms with Crippen LogP contribution in [0.15, 0.2) is 60.7 Å². The zero-order chi connectivity index (χ0) is 26.0. The van der Waals surface area contributed by atoms with Gasteiger partial charge >= 0.3 is 12.2 Å². The van der Waals surface area contributed by atoms with E-state index in [0.717, 1.165) is 35.9 Å². The van der Waals surface area contributed by atoms with Crippen LogP contribution in [0.1, 0.15) is 33.5 Å². The van der Waals surface area contributed by atoms with Gasteiger partial charge < -0.3 is 10.2 Å². The quantitative estimate of drug-likeness (QED) is 0.411. The number of anilines is 2. The Morgan fingerprint density at radius 1 is 0.972 bits per heavy atom. The highest BCUT2D eigenvalue weighted by molar-refractivity contribution is 6.07. The van der Waals surface area contributed by atoms with Gasteiger partial charge in [0.2, 0.25) is 0 Å². The first-order chi connectivity index (χ1) is 17.0. The highest BCUT2D eigenvalue weighted by Gasteiger charge is 2.32. The number of hydrogen-bond donors (Lipinski definition) is 1. The number of alkyl halides is 3. The Bertz CT molecular complexity index is 1290. The number of benzene rings is 3. The van der Waals surface area contributed by atoms with Crippen molar-refractivity contribution in [1.29, 1.82) is 0 Å². The molecule has 1 heterocycles. The van der Waals surface area contributed by atoms with Crippen LogP contribution in [0.4, 0.5) is 38.1 Å². The maximum Gasteiger partial charge on any atom is 0.416 e. The normalized spacial score (nSPS) is 14.2. The Kier molecular flexibility index (Phi) is 6.96. The van der Waals surface area contributed by atoms with Crippen molar-refractivity contribution < 1.29 is 31.5 Å². The molecule has 1 fully saturated rings. The number of nitrogens with one attached hydrogen (secondary N) is 1. The molecule has 1 aliphatic heterocycles. The number of carbonyl (C=O) groups excluding carboxylic acids is 2. The summed E-state index contributed by atoms with van der Waals surface area (Å²) in [6, 6.07) is 11.9. The summed E-state index contributed by atoms with van der Waals surface area (Å²) in [5.74, 6) is -2.30. The minimum atomic E-state index is -4.60. The molecule has 0 bridgehead atoms. The first kappa shape index (κ1) is 25.2. The second-order valence-electron chi connectivity index (χ2n) is 8.46. The fourth-order valence-electron chi connectivity index (χ4n) is 4.04. The maximum absolute atomic E-state index is 14.2. The number of carbonyl (C=O) groups is 2. The lowest BCUT2D eigenvalue weighted by molar-refractivity contribution is -0.137. The summed E-state index contributed by atoms with van der Waals surface area (Å²) >= 11 is 0. The minimum absolute atomic E-state index is 0.195. The van der Waals surface area contributed by atoms with E-state index >= 15 is 0 Å². The monoisotopic (exact) mass is 503 g/mol. The van der Waals surface area contributed by atoms with Gasteiger partial charge in [0.25, 0.3) is 5.91 Å². The van der Waals surface area contributed by atoms with E-state index in [-0.39, 0.29) is 36.4 Å². The van der Waals surface area contributed by atoms with Crippen LogP contribution in [0.5, 0.6) is 0 Å². The Hall–Kier alpha value is -3.95. The summed E-state index contributed by atoms with van der Waals surface area (Å²) in [6.07, 6.45) is -4.11. The summed E-state index contributed by atoms with van der Waals surface area (Å²) < 4.78 is 67.5. The predicted molar refractivity (Wildman–Crippen MR) is 125 cm³/mol. The second kappa shape index (κ2) is 9.96. The third kappa shape index (κ3) is 5.32. The summed E-state index contributed by atoms with van der Waals surface area (Å²) in [5, 5.41) is 2.61. The van der Waals surface area contributed by atoms with Crippen LogP contribution < -0.4 is 10.2 Å². The molecule has 1 aliphatic rings. The van der Waals surface area contributed by atoms with Crippen molar-refractivity contribution in [3.63, 3.8) is 0 Å². The lowest BCUT2D eigenvalue weighted by Gasteiger charge is -2.36. The van der Waals surface area contributed by atoms with Crippen molar-refractivity contribution in [3.05, 3.63) is 94.6 Å². The van der Waals surface area contributed by atoms with Crippen LogP contribution in [0.25, 0.3) is 0 Å². The van der Waals surface area contributed by atoms with Gasteiger partial charge in [0.15, 0.2) is 0 Å². The third-order valence-corrected chi connectivity index (χ3v) is 5.86. The molecule has 1 N–H and O–H groups in total. The summed E-state index contributed by atoms with van der Waals surface area (Å²) in [5.41, 5.74) is -0.0856. The van der Waals surface area contributed by atoms with Crippen molar-refractivity contribution >= 4 is 23.3 Å². The molecule has 3 aromatic rings. The molecule has 188 valence electrons. The highest BCUT2D eigenvalue weighted by atomic mass is 19.4. The van der Waals surface area contributed by atoms with Gasteiger partial charge in [-0.3, -0.25) is 9.69 Å². The highest BCUT2D eigenvalue weighted by Crippen LogP contribution is 2.32. The van der Waals surface area contributed by atoms with E-state index < -0.39 is 35.3 Å². The van der Waals surface area contributed by atoms with Crippen molar-refractivity contribution in [2.24, 2.45) is 0 Å². The van der Waals surface area contributed by atoms with E-state index in [1.54, 1.807) is 25.1 Å². The molecule has 0 radical (unpaired) electrons. The zero-order valence-electron chi connectivity index (χ0n) is 19.2. The lowest BCUT2D eigenvalue weighted by atomic mass is 10.1. The molecule has 0 atom stereocenters. The molecule has 4 rings (SSSR count). The van der Waals surface area contributed by atoms with Crippen LogP contribution in [-0.4, -0.2) is 29.9 Å². The number of aryl methyl sites for hydroxylation is 1. The van der Waals surface area contributed by atoms with Gasteiger partial charge in [0, 0.05) is 24.2 Å². The molecule has 3 aromatic carbocycles. The molecule has 0 unspecified atom stereocenters. The molecular formula is C26H22F5N3O2. The van der Waals surface area contributed by atoms with E-state index in [4.69, 9.17) is 0 Å². The summed E-state index contributed by atoms with van der Waals surface area (Å²) in [6.45, 7) is 2.05. The Balaban J connectivity index is 1.60. The van der Waals surface area contributed by atoms with Crippen LogP contribution in [-0.2, 0) is 12.7 Å². The van der Waals surface area contributed by atoms with Gasteiger partial charge in [-0.05, 0) is 61.4 Å². The number of urea groups is 1. The average Bonchev–Trinajstić information content (AvgIpc) is 2.82. The van der Waals surface area contributed by atoms with Gasteiger partial charge in [0.05, 0.1) is 23.5 Å². The van der Waals surface area contributed by atoms with Crippen molar-refractivity contribution in [2.45, 2.75) is 26.1 Å². The fraction of sp³-hybridized carbons (Fsp3) is 0.231. The van der Waals surface area contributed by atoms with Gasteiger partial charge in [-0.25, -0.2) is 13.6 Å². The van der Waals surface area contributed by atoms with E-state index in [0.29, 0.717) is 12.1 Å². The molecule has 0 spiro atoms. The molecule has 10 heteroatoms. The smallest absolute Gasteiger partial charge is 0.320 e. The molecule has 36 heavy (non-hydrogen) atoms. The predicted octanol–water partition coefficient (Wildman–Crippen LogP) is 6.38. The number of hydrogen-bond acceptors (Lipinski definition) is 2. The SMILES string of the molecule is Cc1ccc(N2CCCN(Cc3c(F)cccc3F)C2=O)c(NC(=O)c2cccc(C(F)(F)F)c2)c1. The van der Waals surface area contributed by atoms with E-state index in [1.165, 1.54) is 21.9 Å². The van der Waals surface area contributed by atoms with Crippen LogP contribution >= 0.6 is 0 Å². The molecule has 0 aliphatic carbocycles. The van der Waals surface area contributed by atoms with Crippen molar-refractivity contribution in [1.82, 2.24) is 4.90 Å². The molecular weight excluding hydrogens is 481 g/mol. The van der Waals surface area contributed by atoms with Crippen LogP contribution in [0.2, 0.25) is 0 Å². The summed E-state index contributed by atoms with van der Waals surface area (Å²) in [7, 11) is 0. The second-order valence-corrected chi connectivity index (χ2v) is 8.46. The summed E-state index contributed by atoms with van der Waals surface area (Å²) in [4.78, 5) is 28.8. The van der Waals surface area contributed by atoms with Gasteiger partial charge in [0.1, 0.15) is 11.6 Å². The van der Waals surface area contributed by atoms with E-state index in [9.17, 15) is 31.5 Å². The number of halogens is 5. The zero-order valence-corrected chi connectivity index (χ0v) is 19.2. The molecule has 0 aromatic heterocycles. The molecule has 5 nitrogen and oxygen atoms in total. The van der Waals surface area contributed by atoms with Crippen LogP contribution in [0.3, 0.4) is 0 Å². The van der Waals surface area contributed by atoms with E-state index in [2.05, 4.69) is 5.32 Å². The van der Waals surface area contributed by atoms with Crippen LogP contribution in [0, 0.1) is 18.6 Å². The Morgan fingerprint density at radius 2 is 1.67 bits per heavy atom. The average molecular weight is 503 g/mol. The molecule has 1 saturated heterocycles. The minimum Gasteiger partial charge on any atom is -0.320 e. The lowest BCUT2D eigenvalue weighted by Crippen LogP contribution is -2.49. The first-order valence-corrected chi connectivity index (χ1v) is 11.1. The largest absolute Gasteiger partial charge is 0.416 e. The van der Waals surface area contributed by atoms with Gasteiger partial charge in [-0.15, -0.1) is 0 Å². The Labute approximate surface area is 204 Å². The van der Waals surface area contributed by atoms with E-state index in [1.807, 2.05) is 0 Å². The Morgan fingerprint density at radius 3 is 2.36 bits per heavy atom. The maximum atomic E-state index is 14.2. The van der Waals surface area contributed by atoms with Crippen molar-refractivity contribution in [3.8, 4) is 0 Å². The fourth-order valence-corrected chi connectivity index (χ4v) is 4.04.